The van der Waals surface area contributed by atoms with Gasteiger partial charge >= 0.3 is 0 Å². The van der Waals surface area contributed by atoms with Crippen molar-refractivity contribution >= 4 is 17.3 Å². The molecular weight excluding hydrogens is 228 g/mol. The number of amides is 1. The molecule has 3 N–H and O–H groups in total. The van der Waals surface area contributed by atoms with Gasteiger partial charge in [-0.1, -0.05) is 6.07 Å². The summed E-state index contributed by atoms with van der Waals surface area (Å²) in [5.41, 5.74) is 9.53. The molecule has 0 radical (unpaired) electrons. The van der Waals surface area contributed by atoms with E-state index in [1.54, 1.807) is 24.0 Å². The molecule has 0 spiro atoms. The standard InChI is InChI=1S/C13H16N4O/c1-8-4-5-10(6-12(8)14)16-13(18)11-7-15-17(3)9(11)2/h4-7H,14H2,1-3H3,(H,16,18). The number of aromatic nitrogens is 2. The Balaban J connectivity index is 2.21. The Bertz CT molecular complexity index is 601. The van der Waals surface area contributed by atoms with E-state index in [1.165, 1.54) is 0 Å². The Morgan fingerprint density at radius 1 is 1.39 bits per heavy atom. The predicted octanol–water partition coefficient (Wildman–Crippen LogP) is 1.87. The maximum Gasteiger partial charge on any atom is 0.259 e. The van der Waals surface area contributed by atoms with Crippen LogP contribution in [0.15, 0.2) is 24.4 Å². The van der Waals surface area contributed by atoms with Crippen molar-refractivity contribution in [3.63, 3.8) is 0 Å². The summed E-state index contributed by atoms with van der Waals surface area (Å²) in [6, 6.07) is 5.45. The molecule has 2 rings (SSSR count). The van der Waals surface area contributed by atoms with Gasteiger partial charge in [-0.25, -0.2) is 0 Å². The summed E-state index contributed by atoms with van der Waals surface area (Å²) in [5.74, 6) is -0.177. The van der Waals surface area contributed by atoms with Crippen molar-refractivity contribution < 1.29 is 4.79 Å². The Morgan fingerprint density at radius 2 is 2.11 bits per heavy atom. The fourth-order valence-corrected chi connectivity index (χ4v) is 1.64. The lowest BCUT2D eigenvalue weighted by atomic mass is 10.2. The number of anilines is 2. The molecular formula is C13H16N4O. The lowest BCUT2D eigenvalue weighted by Crippen LogP contribution is -2.13. The largest absolute Gasteiger partial charge is 0.398 e. The fraction of sp³-hybridized carbons (Fsp3) is 0.231. The minimum Gasteiger partial charge on any atom is -0.398 e. The van der Waals surface area contributed by atoms with Gasteiger partial charge in [0.2, 0.25) is 0 Å². The molecule has 0 fully saturated rings. The number of carbonyl (C=O) groups excluding carboxylic acids is 1. The van der Waals surface area contributed by atoms with Gasteiger partial charge in [0.05, 0.1) is 11.8 Å². The van der Waals surface area contributed by atoms with E-state index in [-0.39, 0.29) is 5.91 Å². The molecule has 94 valence electrons. The molecule has 1 aromatic carbocycles. The molecule has 2 aromatic rings. The first-order valence-corrected chi connectivity index (χ1v) is 5.65. The topological polar surface area (TPSA) is 72.9 Å². The van der Waals surface area contributed by atoms with Gasteiger partial charge in [0.1, 0.15) is 0 Å². The molecule has 5 nitrogen and oxygen atoms in total. The summed E-state index contributed by atoms with van der Waals surface area (Å²) >= 11 is 0. The van der Waals surface area contributed by atoms with Crippen LogP contribution < -0.4 is 11.1 Å². The number of hydrogen-bond donors (Lipinski definition) is 2. The van der Waals surface area contributed by atoms with Gasteiger partial charge in [-0.2, -0.15) is 5.10 Å². The summed E-state index contributed by atoms with van der Waals surface area (Å²) in [6.45, 7) is 3.78. The van der Waals surface area contributed by atoms with Crippen LogP contribution in [0.25, 0.3) is 0 Å². The number of carbonyl (C=O) groups is 1. The molecule has 1 aromatic heterocycles. The fourth-order valence-electron chi connectivity index (χ4n) is 1.64. The van der Waals surface area contributed by atoms with Crippen LogP contribution in [-0.4, -0.2) is 15.7 Å². The Labute approximate surface area is 106 Å². The average molecular weight is 244 g/mol. The highest BCUT2D eigenvalue weighted by molar-refractivity contribution is 6.05. The van der Waals surface area contributed by atoms with Gasteiger partial charge < -0.3 is 11.1 Å². The highest BCUT2D eigenvalue weighted by Gasteiger charge is 2.12. The number of hydrogen-bond acceptors (Lipinski definition) is 3. The smallest absolute Gasteiger partial charge is 0.259 e. The summed E-state index contributed by atoms with van der Waals surface area (Å²) < 4.78 is 1.67. The van der Waals surface area contributed by atoms with E-state index in [9.17, 15) is 4.79 Å². The van der Waals surface area contributed by atoms with Crippen LogP contribution in [0.5, 0.6) is 0 Å². The minimum atomic E-state index is -0.177. The van der Waals surface area contributed by atoms with Crippen LogP contribution in [0.1, 0.15) is 21.6 Å². The first kappa shape index (κ1) is 12.2. The van der Waals surface area contributed by atoms with Crippen molar-refractivity contribution in [2.75, 3.05) is 11.1 Å². The zero-order valence-corrected chi connectivity index (χ0v) is 10.7. The molecule has 5 heteroatoms. The van der Waals surface area contributed by atoms with Crippen molar-refractivity contribution in [3.05, 3.63) is 41.2 Å². The number of rotatable bonds is 2. The molecule has 0 atom stereocenters. The van der Waals surface area contributed by atoms with Crippen molar-refractivity contribution in [2.24, 2.45) is 7.05 Å². The summed E-state index contributed by atoms with van der Waals surface area (Å²) in [5, 5.41) is 6.85. The van der Waals surface area contributed by atoms with Gasteiger partial charge in [-0.15, -0.1) is 0 Å². The third-order valence-electron chi connectivity index (χ3n) is 3.02. The van der Waals surface area contributed by atoms with Crippen LogP contribution in [-0.2, 0) is 7.05 Å². The SMILES string of the molecule is Cc1ccc(NC(=O)c2cnn(C)c2C)cc1N. The van der Waals surface area contributed by atoms with Crippen molar-refractivity contribution in [1.29, 1.82) is 0 Å². The van der Waals surface area contributed by atoms with Gasteiger partial charge in [0.15, 0.2) is 0 Å². The summed E-state index contributed by atoms with van der Waals surface area (Å²) in [6.07, 6.45) is 1.56. The quantitative estimate of drug-likeness (QED) is 0.792. The molecule has 18 heavy (non-hydrogen) atoms. The van der Waals surface area contributed by atoms with Gasteiger partial charge in [0, 0.05) is 24.1 Å². The highest BCUT2D eigenvalue weighted by Crippen LogP contribution is 2.18. The molecule has 0 aliphatic rings. The van der Waals surface area contributed by atoms with Crippen molar-refractivity contribution in [1.82, 2.24) is 9.78 Å². The predicted molar refractivity (Wildman–Crippen MR) is 71.5 cm³/mol. The number of nitrogen functional groups attached to an aromatic ring is 1. The molecule has 0 saturated heterocycles. The zero-order valence-electron chi connectivity index (χ0n) is 10.7. The Morgan fingerprint density at radius 3 is 2.67 bits per heavy atom. The Hall–Kier alpha value is -2.30. The van der Waals surface area contributed by atoms with E-state index in [2.05, 4.69) is 10.4 Å². The number of aryl methyl sites for hydroxylation is 2. The van der Waals surface area contributed by atoms with E-state index in [0.717, 1.165) is 11.3 Å². The molecule has 0 aliphatic heterocycles. The Kier molecular flexibility index (Phi) is 3.06. The van der Waals surface area contributed by atoms with Crippen LogP contribution >= 0.6 is 0 Å². The first-order valence-electron chi connectivity index (χ1n) is 5.65. The van der Waals surface area contributed by atoms with E-state index in [0.29, 0.717) is 16.9 Å². The summed E-state index contributed by atoms with van der Waals surface area (Å²) in [7, 11) is 1.80. The normalized spacial score (nSPS) is 10.4. The second kappa shape index (κ2) is 4.52. The third-order valence-corrected chi connectivity index (χ3v) is 3.02. The van der Waals surface area contributed by atoms with Crippen molar-refractivity contribution in [3.8, 4) is 0 Å². The molecule has 0 aliphatic carbocycles. The van der Waals surface area contributed by atoms with E-state index in [4.69, 9.17) is 5.73 Å². The molecule has 1 heterocycles. The molecule has 0 bridgehead atoms. The third kappa shape index (κ3) is 2.20. The monoisotopic (exact) mass is 244 g/mol. The van der Waals surface area contributed by atoms with Gasteiger partial charge in [-0.3, -0.25) is 9.48 Å². The maximum absolute atomic E-state index is 12.0. The van der Waals surface area contributed by atoms with Crippen LogP contribution in [0, 0.1) is 13.8 Å². The second-order valence-corrected chi connectivity index (χ2v) is 4.29. The van der Waals surface area contributed by atoms with Gasteiger partial charge in [0.25, 0.3) is 5.91 Å². The minimum absolute atomic E-state index is 0.177. The number of nitrogens with two attached hydrogens (primary N) is 1. The van der Waals surface area contributed by atoms with E-state index < -0.39 is 0 Å². The average Bonchev–Trinajstić information content (AvgIpc) is 2.65. The summed E-state index contributed by atoms with van der Waals surface area (Å²) in [4.78, 5) is 12.0. The van der Waals surface area contributed by atoms with Gasteiger partial charge in [-0.05, 0) is 31.5 Å². The number of nitrogens with one attached hydrogen (secondary N) is 1. The lowest BCUT2D eigenvalue weighted by Gasteiger charge is -2.07. The highest BCUT2D eigenvalue weighted by atomic mass is 16.1. The van der Waals surface area contributed by atoms with E-state index >= 15 is 0 Å². The number of benzene rings is 1. The maximum atomic E-state index is 12.0. The van der Waals surface area contributed by atoms with Crippen LogP contribution in [0.2, 0.25) is 0 Å². The second-order valence-electron chi connectivity index (χ2n) is 4.29. The number of nitrogens with zero attached hydrogens (tertiary/aromatic N) is 2. The molecule has 0 unspecified atom stereocenters. The molecule has 0 saturated carbocycles. The first-order chi connectivity index (χ1) is 8.49. The van der Waals surface area contributed by atoms with E-state index in [1.807, 2.05) is 26.0 Å². The lowest BCUT2D eigenvalue weighted by molar-refractivity contribution is 0.102. The van der Waals surface area contributed by atoms with Crippen molar-refractivity contribution in [2.45, 2.75) is 13.8 Å². The zero-order chi connectivity index (χ0) is 13.3. The molecule has 1 amide bonds. The van der Waals surface area contributed by atoms with Crippen LogP contribution in [0.3, 0.4) is 0 Å². The van der Waals surface area contributed by atoms with Crippen LogP contribution in [0.4, 0.5) is 11.4 Å².